The Morgan fingerprint density at radius 3 is 2.21 bits per heavy atom. The summed E-state index contributed by atoms with van der Waals surface area (Å²) in [6.07, 6.45) is 3.52. The molecule has 0 aromatic rings. The Kier molecular flexibility index (Phi) is 7.47. The summed E-state index contributed by atoms with van der Waals surface area (Å²) in [6, 6.07) is 0. The second-order valence-corrected chi connectivity index (χ2v) is 5.17. The summed E-state index contributed by atoms with van der Waals surface area (Å²) in [7, 11) is -3.04. The first-order valence-electron chi connectivity index (χ1n) is 4.47. The van der Waals surface area contributed by atoms with E-state index in [9.17, 15) is 4.57 Å². The van der Waals surface area contributed by atoms with Crippen molar-refractivity contribution in [2.24, 2.45) is 0 Å². The average Bonchev–Trinajstić information content (AvgIpc) is 2.15. The maximum Gasteiger partial charge on any atom is 0.354 e. The molecule has 0 aromatic heterocycles. The molecule has 0 N–H and O–H groups in total. The molecule has 0 rings (SSSR count). The van der Waals surface area contributed by atoms with Crippen molar-refractivity contribution < 1.29 is 13.6 Å². The molecule has 82 valence electrons. The lowest BCUT2D eigenvalue weighted by Gasteiger charge is -2.12. The predicted molar refractivity (Wildman–Crippen MR) is 62.7 cm³/mol. The summed E-state index contributed by atoms with van der Waals surface area (Å²) in [5.41, 5.74) is 0. The fraction of sp³-hybridized carbons (Fsp3) is 0.556. The van der Waals surface area contributed by atoms with Gasteiger partial charge in [-0.3, -0.25) is 4.57 Å². The highest BCUT2D eigenvalue weighted by Crippen LogP contribution is 2.49. The van der Waals surface area contributed by atoms with Crippen LogP contribution < -0.4 is 0 Å². The van der Waals surface area contributed by atoms with Gasteiger partial charge in [-0.1, -0.05) is 22.0 Å². The van der Waals surface area contributed by atoms with Gasteiger partial charge < -0.3 is 9.05 Å². The molecule has 14 heavy (non-hydrogen) atoms. The predicted octanol–water partition coefficient (Wildman–Crippen LogP) is 4.06. The second kappa shape index (κ2) is 7.41. The molecule has 0 fully saturated rings. The van der Waals surface area contributed by atoms with E-state index in [0.717, 1.165) is 4.48 Å². The van der Waals surface area contributed by atoms with Crippen LogP contribution in [0.5, 0.6) is 0 Å². The molecule has 0 aromatic carbocycles. The van der Waals surface area contributed by atoms with Crippen LogP contribution in [0.2, 0.25) is 0 Å². The van der Waals surface area contributed by atoms with Crippen LogP contribution in [0.15, 0.2) is 22.5 Å². The van der Waals surface area contributed by atoms with Gasteiger partial charge in [-0.15, -0.1) is 0 Å². The molecule has 0 aliphatic heterocycles. The van der Waals surface area contributed by atoms with E-state index in [1.807, 2.05) is 13.0 Å². The van der Waals surface area contributed by atoms with Gasteiger partial charge in [0.1, 0.15) is 0 Å². The average molecular weight is 283 g/mol. The highest BCUT2D eigenvalue weighted by Gasteiger charge is 2.18. The molecule has 5 heteroatoms. The molecule has 0 saturated heterocycles. The molecule has 0 atom stereocenters. The number of halogens is 1. The first kappa shape index (κ1) is 14.1. The maximum absolute atomic E-state index is 11.9. The van der Waals surface area contributed by atoms with Crippen molar-refractivity contribution >= 4 is 23.5 Å². The van der Waals surface area contributed by atoms with Crippen LogP contribution in [0.25, 0.3) is 0 Å². The molecule has 0 unspecified atom stereocenters. The molecule has 0 amide bonds. The quantitative estimate of drug-likeness (QED) is 0.544. The molecule has 0 bridgehead atoms. The zero-order valence-electron chi connectivity index (χ0n) is 8.70. The molecule has 0 aliphatic rings. The normalized spacial score (nSPS) is 13.9. The van der Waals surface area contributed by atoms with Crippen molar-refractivity contribution in [2.45, 2.75) is 20.8 Å². The van der Waals surface area contributed by atoms with Crippen molar-refractivity contribution in [1.29, 1.82) is 0 Å². The van der Waals surface area contributed by atoms with Crippen LogP contribution in [0.1, 0.15) is 20.8 Å². The lowest BCUT2D eigenvalue weighted by molar-refractivity contribution is 0.229. The van der Waals surface area contributed by atoms with E-state index in [2.05, 4.69) is 15.9 Å². The third kappa shape index (κ3) is 5.76. The van der Waals surface area contributed by atoms with Gasteiger partial charge in [0.25, 0.3) is 0 Å². The van der Waals surface area contributed by atoms with Crippen LogP contribution >= 0.6 is 23.5 Å². The molecule has 0 aliphatic carbocycles. The topological polar surface area (TPSA) is 35.5 Å². The fourth-order valence-electron chi connectivity index (χ4n) is 0.742. The largest absolute Gasteiger partial charge is 0.354 e. The number of allylic oxidation sites excluding steroid dienone is 3. The summed E-state index contributed by atoms with van der Waals surface area (Å²) in [5, 5.41) is 0. The summed E-state index contributed by atoms with van der Waals surface area (Å²) in [4.78, 5) is 0. The van der Waals surface area contributed by atoms with Gasteiger partial charge in [0.15, 0.2) is 0 Å². The highest BCUT2D eigenvalue weighted by atomic mass is 79.9. The summed E-state index contributed by atoms with van der Waals surface area (Å²) in [5.74, 6) is 1.46. The van der Waals surface area contributed by atoms with Crippen molar-refractivity contribution in [3.05, 3.63) is 22.5 Å². The van der Waals surface area contributed by atoms with E-state index >= 15 is 0 Å². The van der Waals surface area contributed by atoms with Crippen LogP contribution in [-0.2, 0) is 13.6 Å². The third-order valence-corrected chi connectivity index (χ3v) is 3.78. The zero-order valence-corrected chi connectivity index (χ0v) is 11.2. The van der Waals surface area contributed by atoms with Gasteiger partial charge in [0.2, 0.25) is 0 Å². The minimum Gasteiger partial charge on any atom is -0.306 e. The summed E-state index contributed by atoms with van der Waals surface area (Å²) >= 11 is 3.27. The lowest BCUT2D eigenvalue weighted by Crippen LogP contribution is -1.92. The summed E-state index contributed by atoms with van der Waals surface area (Å²) in [6.45, 7) is 6.18. The molecule has 0 spiro atoms. The zero-order chi connectivity index (χ0) is 11.0. The number of hydrogen-bond donors (Lipinski definition) is 0. The summed E-state index contributed by atoms with van der Waals surface area (Å²) < 4.78 is 22.8. The van der Waals surface area contributed by atoms with E-state index in [0.29, 0.717) is 13.2 Å². The Hall–Kier alpha value is 0.110. The molecule has 0 saturated carbocycles. The fourth-order valence-corrected chi connectivity index (χ4v) is 2.39. The van der Waals surface area contributed by atoms with E-state index in [1.165, 1.54) is 5.82 Å². The lowest BCUT2D eigenvalue weighted by atomic mass is 10.5. The van der Waals surface area contributed by atoms with Gasteiger partial charge in [0, 0.05) is 10.3 Å². The Morgan fingerprint density at radius 2 is 1.86 bits per heavy atom. The molecule has 0 heterocycles. The number of rotatable bonds is 6. The Morgan fingerprint density at radius 1 is 1.36 bits per heavy atom. The first-order chi connectivity index (χ1) is 6.58. The van der Waals surface area contributed by atoms with Gasteiger partial charge >= 0.3 is 7.60 Å². The smallest absolute Gasteiger partial charge is 0.306 e. The first-order valence-corrected chi connectivity index (χ1v) is 6.88. The molecular weight excluding hydrogens is 267 g/mol. The van der Waals surface area contributed by atoms with Crippen LogP contribution in [0.3, 0.4) is 0 Å². The van der Waals surface area contributed by atoms with Crippen LogP contribution in [0.4, 0.5) is 0 Å². The van der Waals surface area contributed by atoms with Crippen molar-refractivity contribution in [3.63, 3.8) is 0 Å². The SMILES string of the molecule is C/C=C(Br)\C=C\P(=O)(OCC)OCC. The van der Waals surface area contributed by atoms with E-state index < -0.39 is 7.60 Å². The van der Waals surface area contributed by atoms with Gasteiger partial charge in [0.05, 0.1) is 13.2 Å². The minimum atomic E-state index is -3.04. The Labute approximate surface area is 93.8 Å². The second-order valence-electron chi connectivity index (χ2n) is 2.36. The molecular formula is C9H16BrO3P. The minimum absolute atomic E-state index is 0.370. The molecule has 0 radical (unpaired) electrons. The Balaban J connectivity index is 4.51. The van der Waals surface area contributed by atoms with Gasteiger partial charge in [-0.05, 0) is 26.8 Å². The third-order valence-electron chi connectivity index (χ3n) is 1.31. The Bertz CT molecular complexity index is 251. The van der Waals surface area contributed by atoms with Crippen molar-refractivity contribution in [3.8, 4) is 0 Å². The van der Waals surface area contributed by atoms with Crippen LogP contribution in [0, 0.1) is 0 Å². The standard InChI is InChI=1S/C9H16BrO3P/c1-4-9(10)7-8-14(11,12-5-2)13-6-3/h4,7-8H,5-6H2,1-3H3/b8-7+,9-4+. The van der Waals surface area contributed by atoms with Crippen molar-refractivity contribution in [2.75, 3.05) is 13.2 Å². The van der Waals surface area contributed by atoms with Gasteiger partial charge in [-0.25, -0.2) is 0 Å². The highest BCUT2D eigenvalue weighted by molar-refractivity contribution is 9.11. The number of hydrogen-bond acceptors (Lipinski definition) is 3. The maximum atomic E-state index is 11.9. The van der Waals surface area contributed by atoms with E-state index in [-0.39, 0.29) is 0 Å². The van der Waals surface area contributed by atoms with E-state index in [1.54, 1.807) is 19.9 Å². The van der Waals surface area contributed by atoms with E-state index in [4.69, 9.17) is 9.05 Å². The van der Waals surface area contributed by atoms with Gasteiger partial charge in [-0.2, -0.15) is 0 Å². The van der Waals surface area contributed by atoms with Crippen molar-refractivity contribution in [1.82, 2.24) is 0 Å². The molecule has 3 nitrogen and oxygen atoms in total. The monoisotopic (exact) mass is 282 g/mol. The van der Waals surface area contributed by atoms with Crippen LogP contribution in [-0.4, -0.2) is 13.2 Å².